The van der Waals surface area contributed by atoms with Crippen molar-refractivity contribution in [1.82, 2.24) is 19.6 Å². The molecule has 0 aliphatic heterocycles. The van der Waals surface area contributed by atoms with E-state index in [0.29, 0.717) is 12.2 Å². The average molecular weight is 321 g/mol. The lowest BCUT2D eigenvalue weighted by Gasteiger charge is -2.05. The lowest BCUT2D eigenvalue weighted by atomic mass is 10.3. The monoisotopic (exact) mass is 321 g/mol. The van der Waals surface area contributed by atoms with E-state index in [1.807, 2.05) is 36.5 Å². The number of hydrogen-bond donors (Lipinski definition) is 1. The van der Waals surface area contributed by atoms with Gasteiger partial charge in [0.15, 0.2) is 0 Å². The average Bonchev–Trinajstić information content (AvgIpc) is 3.13. The summed E-state index contributed by atoms with van der Waals surface area (Å²) in [7, 11) is 0. The quantitative estimate of drug-likeness (QED) is 0.785. The molecule has 8 heteroatoms. The molecule has 1 N–H and O–H groups in total. The fraction of sp³-hybridized carbons (Fsp3) is 0.200. The van der Waals surface area contributed by atoms with E-state index < -0.39 is 12.7 Å². The van der Waals surface area contributed by atoms with Gasteiger partial charge in [-0.25, -0.2) is 4.68 Å². The standard InChI is InChI=1S/C15H14F3N5/c16-15(17,18)11-22-10-13(8-20-22)19-6-12-7-21-23(9-12)14-4-2-1-3-5-14/h1-5,7-10,19H,6,11H2. The van der Waals surface area contributed by atoms with Crippen LogP contribution in [0.4, 0.5) is 18.9 Å². The Kier molecular flexibility index (Phi) is 4.05. The first-order valence-electron chi connectivity index (χ1n) is 6.92. The molecule has 3 rings (SSSR count). The third-order valence-corrected chi connectivity index (χ3v) is 3.13. The molecule has 3 aromatic rings. The van der Waals surface area contributed by atoms with E-state index in [1.54, 1.807) is 10.9 Å². The minimum Gasteiger partial charge on any atom is -0.378 e. The smallest absolute Gasteiger partial charge is 0.378 e. The topological polar surface area (TPSA) is 47.7 Å². The molecule has 120 valence electrons. The highest BCUT2D eigenvalue weighted by molar-refractivity contribution is 5.39. The first-order chi connectivity index (χ1) is 11.0. The summed E-state index contributed by atoms with van der Waals surface area (Å²) in [5.41, 5.74) is 2.39. The second kappa shape index (κ2) is 6.15. The maximum atomic E-state index is 12.3. The van der Waals surface area contributed by atoms with Gasteiger partial charge in [-0.15, -0.1) is 0 Å². The number of rotatable bonds is 5. The Bertz CT molecular complexity index is 761. The number of anilines is 1. The van der Waals surface area contributed by atoms with Gasteiger partial charge >= 0.3 is 6.18 Å². The maximum absolute atomic E-state index is 12.3. The number of para-hydroxylation sites is 1. The number of aromatic nitrogens is 4. The van der Waals surface area contributed by atoms with Crippen molar-refractivity contribution in [2.75, 3.05) is 5.32 Å². The predicted molar refractivity (Wildman–Crippen MR) is 79.2 cm³/mol. The predicted octanol–water partition coefficient (Wildman–Crippen LogP) is 3.24. The normalized spacial score (nSPS) is 11.6. The Hall–Kier alpha value is -2.77. The SMILES string of the molecule is FC(F)(F)Cn1cc(NCc2cnn(-c3ccccc3)c2)cn1. The van der Waals surface area contributed by atoms with Crippen molar-refractivity contribution in [2.24, 2.45) is 0 Å². The van der Waals surface area contributed by atoms with Crippen molar-refractivity contribution in [3.63, 3.8) is 0 Å². The minimum atomic E-state index is -4.28. The van der Waals surface area contributed by atoms with E-state index in [0.717, 1.165) is 15.9 Å². The molecule has 5 nitrogen and oxygen atoms in total. The molecule has 0 spiro atoms. The Labute approximate surface area is 130 Å². The van der Waals surface area contributed by atoms with Crippen molar-refractivity contribution in [2.45, 2.75) is 19.3 Å². The van der Waals surface area contributed by atoms with E-state index in [4.69, 9.17) is 0 Å². The summed E-state index contributed by atoms with van der Waals surface area (Å²) in [4.78, 5) is 0. The molecule has 0 aliphatic carbocycles. The van der Waals surface area contributed by atoms with Gasteiger partial charge in [0, 0.05) is 24.5 Å². The van der Waals surface area contributed by atoms with Gasteiger partial charge < -0.3 is 5.32 Å². The van der Waals surface area contributed by atoms with Crippen LogP contribution in [0.2, 0.25) is 0 Å². The van der Waals surface area contributed by atoms with Gasteiger partial charge in [0.25, 0.3) is 0 Å². The van der Waals surface area contributed by atoms with Gasteiger partial charge in [-0.3, -0.25) is 4.68 Å². The number of alkyl halides is 3. The van der Waals surface area contributed by atoms with Gasteiger partial charge in [-0.1, -0.05) is 18.2 Å². The highest BCUT2D eigenvalue weighted by Crippen LogP contribution is 2.18. The van der Waals surface area contributed by atoms with Gasteiger partial charge in [-0.05, 0) is 12.1 Å². The molecule has 0 unspecified atom stereocenters. The molecule has 23 heavy (non-hydrogen) atoms. The summed E-state index contributed by atoms with van der Waals surface area (Å²) in [6, 6.07) is 9.64. The van der Waals surface area contributed by atoms with Crippen molar-refractivity contribution in [1.29, 1.82) is 0 Å². The van der Waals surface area contributed by atoms with Crippen molar-refractivity contribution >= 4 is 5.69 Å². The van der Waals surface area contributed by atoms with Crippen LogP contribution in [0.5, 0.6) is 0 Å². The second-order valence-electron chi connectivity index (χ2n) is 5.02. The van der Waals surface area contributed by atoms with E-state index in [2.05, 4.69) is 15.5 Å². The third-order valence-electron chi connectivity index (χ3n) is 3.13. The highest BCUT2D eigenvalue weighted by Gasteiger charge is 2.28. The molecule has 2 heterocycles. The number of hydrogen-bond acceptors (Lipinski definition) is 3. The van der Waals surface area contributed by atoms with Crippen molar-refractivity contribution in [3.05, 3.63) is 60.7 Å². The van der Waals surface area contributed by atoms with Crippen LogP contribution in [0, 0.1) is 0 Å². The summed E-state index contributed by atoms with van der Waals surface area (Å²) in [6.07, 6.45) is 1.99. The van der Waals surface area contributed by atoms with Crippen LogP contribution in [-0.2, 0) is 13.1 Å². The lowest BCUT2D eigenvalue weighted by Crippen LogP contribution is -2.17. The van der Waals surface area contributed by atoms with E-state index in [-0.39, 0.29) is 0 Å². The fourth-order valence-electron chi connectivity index (χ4n) is 2.10. The molecule has 0 radical (unpaired) electrons. The highest BCUT2D eigenvalue weighted by atomic mass is 19.4. The molecule has 0 amide bonds. The van der Waals surface area contributed by atoms with Crippen molar-refractivity contribution < 1.29 is 13.2 Å². The molecule has 0 saturated heterocycles. The molecular formula is C15H14F3N5. The summed E-state index contributed by atoms with van der Waals surface area (Å²) in [5, 5.41) is 11.0. The fourth-order valence-corrected chi connectivity index (χ4v) is 2.10. The molecule has 0 aliphatic rings. The molecule has 0 bridgehead atoms. The van der Waals surface area contributed by atoms with Crippen LogP contribution in [0.3, 0.4) is 0 Å². The van der Waals surface area contributed by atoms with Gasteiger partial charge in [0.05, 0.1) is 23.8 Å². The largest absolute Gasteiger partial charge is 0.408 e. The molecular weight excluding hydrogens is 307 g/mol. The molecule has 0 atom stereocenters. The van der Waals surface area contributed by atoms with Crippen LogP contribution in [-0.4, -0.2) is 25.7 Å². The first-order valence-corrected chi connectivity index (χ1v) is 6.92. The number of nitrogens with one attached hydrogen (secondary N) is 1. The second-order valence-corrected chi connectivity index (χ2v) is 5.02. The van der Waals surface area contributed by atoms with Crippen LogP contribution in [0.1, 0.15) is 5.56 Å². The van der Waals surface area contributed by atoms with E-state index >= 15 is 0 Å². The molecule has 1 aromatic carbocycles. The molecule has 0 saturated carbocycles. The zero-order valence-electron chi connectivity index (χ0n) is 12.0. The van der Waals surface area contributed by atoms with Gasteiger partial charge in [0.1, 0.15) is 6.54 Å². The van der Waals surface area contributed by atoms with E-state index in [9.17, 15) is 13.2 Å². The zero-order chi connectivity index (χ0) is 16.3. The lowest BCUT2D eigenvalue weighted by molar-refractivity contribution is -0.142. The minimum absolute atomic E-state index is 0.449. The Morgan fingerprint density at radius 3 is 2.52 bits per heavy atom. The summed E-state index contributed by atoms with van der Waals surface area (Å²) >= 11 is 0. The maximum Gasteiger partial charge on any atom is 0.408 e. The van der Waals surface area contributed by atoms with E-state index in [1.165, 1.54) is 12.4 Å². The summed E-state index contributed by atoms with van der Waals surface area (Å²) in [5.74, 6) is 0. The summed E-state index contributed by atoms with van der Waals surface area (Å²) < 4.78 is 39.4. The summed E-state index contributed by atoms with van der Waals surface area (Å²) in [6.45, 7) is -0.648. The van der Waals surface area contributed by atoms with Gasteiger partial charge in [0.2, 0.25) is 0 Å². The van der Waals surface area contributed by atoms with Crippen LogP contribution in [0.25, 0.3) is 5.69 Å². The number of nitrogens with zero attached hydrogens (tertiary/aromatic N) is 4. The Morgan fingerprint density at radius 2 is 1.78 bits per heavy atom. The Balaban J connectivity index is 1.60. The Morgan fingerprint density at radius 1 is 1.00 bits per heavy atom. The van der Waals surface area contributed by atoms with Crippen LogP contribution >= 0.6 is 0 Å². The molecule has 2 aromatic heterocycles. The number of halogens is 3. The van der Waals surface area contributed by atoms with Crippen LogP contribution in [0.15, 0.2) is 55.1 Å². The first kappa shape index (κ1) is 15.1. The van der Waals surface area contributed by atoms with Gasteiger partial charge in [-0.2, -0.15) is 23.4 Å². The van der Waals surface area contributed by atoms with Crippen molar-refractivity contribution in [3.8, 4) is 5.69 Å². The number of benzene rings is 1. The zero-order valence-corrected chi connectivity index (χ0v) is 12.0. The van der Waals surface area contributed by atoms with Crippen LogP contribution < -0.4 is 5.32 Å². The molecule has 0 fully saturated rings. The third kappa shape index (κ3) is 4.12.